The van der Waals surface area contributed by atoms with Gasteiger partial charge in [0.2, 0.25) is 0 Å². The molecule has 0 atom stereocenters. The summed E-state index contributed by atoms with van der Waals surface area (Å²) in [6.45, 7) is 1.93. The summed E-state index contributed by atoms with van der Waals surface area (Å²) in [5, 5.41) is 0.649. The number of hydrogen-bond donors (Lipinski definition) is 0. The molecule has 1 aliphatic carbocycles. The number of unbranched alkanes of at least 4 members (excludes halogenated alkanes) is 3. The van der Waals surface area contributed by atoms with Gasteiger partial charge in [-0.25, -0.2) is 4.39 Å². The van der Waals surface area contributed by atoms with Crippen molar-refractivity contribution in [2.24, 2.45) is 17.8 Å². The van der Waals surface area contributed by atoms with Gasteiger partial charge in [-0.15, -0.1) is 0 Å². The van der Waals surface area contributed by atoms with Crippen LogP contribution in [0, 0.1) is 17.8 Å². The average Bonchev–Trinajstić information content (AvgIpc) is 2.78. The van der Waals surface area contributed by atoms with Gasteiger partial charge in [-0.05, 0) is 66.7 Å². The van der Waals surface area contributed by atoms with Gasteiger partial charge in [0.25, 0.3) is 0 Å². The van der Waals surface area contributed by atoms with E-state index in [1.165, 1.54) is 64.2 Å². The standard InChI is InChI=1S/C27H44ClFSi/c1-2-3-6-17-30-18-15-25(16-19-30)24-11-9-22(10-12-24)7-4-5-8-23-13-14-27(28)20-26(23)21-29/h13-14,20,22,24-25,30H,2-12,15-19,21H2,1H3/t22-,24-,25?,30?. The Morgan fingerprint density at radius 3 is 2.33 bits per heavy atom. The van der Waals surface area contributed by atoms with E-state index in [4.69, 9.17) is 11.6 Å². The van der Waals surface area contributed by atoms with Crippen LogP contribution < -0.4 is 0 Å². The zero-order chi connectivity index (χ0) is 21.2. The maximum atomic E-state index is 13.2. The van der Waals surface area contributed by atoms with Gasteiger partial charge in [-0.1, -0.05) is 101 Å². The highest BCUT2D eigenvalue weighted by Crippen LogP contribution is 2.42. The molecule has 0 nitrogen and oxygen atoms in total. The molecule has 1 aliphatic heterocycles. The molecule has 2 fully saturated rings. The van der Waals surface area contributed by atoms with Crippen LogP contribution in [-0.4, -0.2) is 8.80 Å². The highest BCUT2D eigenvalue weighted by molar-refractivity contribution is 6.58. The summed E-state index contributed by atoms with van der Waals surface area (Å²) in [4.78, 5) is 0. The van der Waals surface area contributed by atoms with E-state index >= 15 is 0 Å². The van der Waals surface area contributed by atoms with Gasteiger partial charge >= 0.3 is 0 Å². The summed E-state index contributed by atoms with van der Waals surface area (Å²) >= 11 is 5.99. The average molecular weight is 451 g/mol. The minimum atomic E-state index is -0.400. The third kappa shape index (κ3) is 7.66. The van der Waals surface area contributed by atoms with E-state index in [0.717, 1.165) is 35.3 Å². The fourth-order valence-corrected chi connectivity index (χ4v) is 10.0. The van der Waals surface area contributed by atoms with Crippen LogP contribution in [0.5, 0.6) is 0 Å². The third-order valence-electron chi connectivity index (χ3n) is 8.29. The Hall–Kier alpha value is -0.343. The second kappa shape index (κ2) is 13.3. The topological polar surface area (TPSA) is 0 Å². The maximum Gasteiger partial charge on any atom is 0.115 e. The monoisotopic (exact) mass is 450 g/mol. The normalized spacial score (nSPS) is 27.3. The molecule has 170 valence electrons. The molecule has 0 N–H and O–H groups in total. The lowest BCUT2D eigenvalue weighted by Crippen LogP contribution is -2.28. The summed E-state index contributed by atoms with van der Waals surface area (Å²) in [5.41, 5.74) is 1.94. The second-order valence-corrected chi connectivity index (χ2v) is 14.3. The van der Waals surface area contributed by atoms with Gasteiger partial charge in [0, 0.05) is 13.8 Å². The van der Waals surface area contributed by atoms with Crippen LogP contribution in [-0.2, 0) is 13.1 Å². The maximum absolute atomic E-state index is 13.2. The van der Waals surface area contributed by atoms with E-state index in [1.54, 1.807) is 37.0 Å². The molecule has 1 aromatic carbocycles. The van der Waals surface area contributed by atoms with Gasteiger partial charge in [0.05, 0.1) is 0 Å². The van der Waals surface area contributed by atoms with Crippen LogP contribution in [0.1, 0.15) is 95.1 Å². The summed E-state index contributed by atoms with van der Waals surface area (Å²) in [6, 6.07) is 10.7. The quantitative estimate of drug-likeness (QED) is 0.233. The highest BCUT2D eigenvalue weighted by atomic mass is 35.5. The summed E-state index contributed by atoms with van der Waals surface area (Å²) in [7, 11) is -0.348. The van der Waals surface area contributed by atoms with E-state index in [-0.39, 0.29) is 8.80 Å². The molecule has 1 saturated heterocycles. The fraction of sp³-hybridized carbons (Fsp3) is 0.778. The highest BCUT2D eigenvalue weighted by Gasteiger charge is 2.30. The first kappa shape index (κ1) is 24.3. The Labute approximate surface area is 192 Å². The van der Waals surface area contributed by atoms with Crippen LogP contribution in [0.4, 0.5) is 4.39 Å². The minimum Gasteiger partial charge on any atom is -0.246 e. The van der Waals surface area contributed by atoms with Gasteiger partial charge in [-0.2, -0.15) is 0 Å². The number of rotatable bonds is 11. The molecular weight excluding hydrogens is 407 g/mol. The van der Waals surface area contributed by atoms with E-state index in [0.29, 0.717) is 5.02 Å². The summed E-state index contributed by atoms with van der Waals surface area (Å²) < 4.78 is 13.2. The van der Waals surface area contributed by atoms with Crippen molar-refractivity contribution in [3.05, 3.63) is 34.3 Å². The van der Waals surface area contributed by atoms with E-state index < -0.39 is 6.67 Å². The van der Waals surface area contributed by atoms with Crippen LogP contribution in [0.15, 0.2) is 18.2 Å². The molecule has 0 radical (unpaired) electrons. The van der Waals surface area contributed by atoms with Crippen LogP contribution >= 0.6 is 11.6 Å². The smallest absolute Gasteiger partial charge is 0.115 e. The zero-order valence-electron chi connectivity index (χ0n) is 19.3. The Balaban J connectivity index is 1.28. The van der Waals surface area contributed by atoms with Crippen LogP contribution in [0.2, 0.25) is 23.2 Å². The summed E-state index contributed by atoms with van der Waals surface area (Å²) in [5.74, 6) is 3.07. The SMILES string of the molecule is CCCCC[SiH]1CCC([C@H]2CC[C@H](CCCCc3ccc(Cl)cc3CF)CC2)CC1. The largest absolute Gasteiger partial charge is 0.246 e. The van der Waals surface area contributed by atoms with Crippen LogP contribution in [0.25, 0.3) is 0 Å². The van der Waals surface area contributed by atoms with Gasteiger partial charge < -0.3 is 0 Å². The molecule has 1 saturated carbocycles. The van der Waals surface area contributed by atoms with Gasteiger partial charge in [-0.3, -0.25) is 0 Å². The lowest BCUT2D eigenvalue weighted by Gasteiger charge is -2.37. The van der Waals surface area contributed by atoms with E-state index in [9.17, 15) is 4.39 Å². The molecule has 3 rings (SSSR count). The van der Waals surface area contributed by atoms with Crippen molar-refractivity contribution in [1.29, 1.82) is 0 Å². The molecule has 1 aromatic rings. The molecule has 0 aromatic heterocycles. The predicted molar refractivity (Wildman–Crippen MR) is 133 cm³/mol. The first-order valence-corrected chi connectivity index (χ1v) is 15.9. The lowest BCUT2D eigenvalue weighted by atomic mass is 9.73. The fourth-order valence-electron chi connectivity index (χ4n) is 6.29. The Bertz CT molecular complexity index is 603. The summed E-state index contributed by atoms with van der Waals surface area (Å²) in [6.07, 6.45) is 18.3. The van der Waals surface area contributed by atoms with Crippen molar-refractivity contribution in [3.8, 4) is 0 Å². The molecule has 0 spiro atoms. The number of aryl methyl sites for hydroxylation is 1. The van der Waals surface area contributed by atoms with Gasteiger partial charge in [0.15, 0.2) is 0 Å². The molecule has 2 aliphatic rings. The van der Waals surface area contributed by atoms with E-state index in [1.807, 2.05) is 12.1 Å². The molecule has 1 heterocycles. The molecule has 0 amide bonds. The third-order valence-corrected chi connectivity index (χ3v) is 12.0. The number of alkyl halides is 1. The van der Waals surface area contributed by atoms with Crippen molar-refractivity contribution >= 4 is 20.4 Å². The van der Waals surface area contributed by atoms with Crippen molar-refractivity contribution in [1.82, 2.24) is 0 Å². The van der Waals surface area contributed by atoms with Crippen molar-refractivity contribution in [2.75, 3.05) is 0 Å². The van der Waals surface area contributed by atoms with Gasteiger partial charge in [0.1, 0.15) is 6.67 Å². The lowest BCUT2D eigenvalue weighted by molar-refractivity contribution is 0.184. The van der Waals surface area contributed by atoms with Crippen LogP contribution in [0.3, 0.4) is 0 Å². The first-order chi connectivity index (χ1) is 14.7. The number of benzene rings is 1. The zero-order valence-corrected chi connectivity index (χ0v) is 21.2. The molecular formula is C27H44ClFSi. The van der Waals surface area contributed by atoms with Crippen molar-refractivity contribution in [2.45, 2.75) is 115 Å². The Morgan fingerprint density at radius 1 is 0.900 bits per heavy atom. The molecule has 30 heavy (non-hydrogen) atoms. The first-order valence-electron chi connectivity index (χ1n) is 13.0. The van der Waals surface area contributed by atoms with E-state index in [2.05, 4.69) is 6.92 Å². The minimum absolute atomic E-state index is 0.348. The predicted octanol–water partition coefficient (Wildman–Crippen LogP) is 9.16. The molecule has 0 unspecified atom stereocenters. The molecule has 0 bridgehead atoms. The molecule has 3 heteroatoms. The Kier molecular flexibility index (Phi) is 10.7. The second-order valence-electron chi connectivity index (χ2n) is 10.3. The van der Waals surface area contributed by atoms with Crippen molar-refractivity contribution in [3.63, 3.8) is 0 Å². The van der Waals surface area contributed by atoms with Crippen molar-refractivity contribution < 1.29 is 4.39 Å². The number of hydrogen-bond acceptors (Lipinski definition) is 0. The number of halogens is 2. The Morgan fingerprint density at radius 2 is 1.63 bits per heavy atom.